The minimum absolute atomic E-state index is 0.419. The van der Waals surface area contributed by atoms with E-state index >= 15 is 0 Å². The zero-order chi connectivity index (χ0) is 9.56. The summed E-state index contributed by atoms with van der Waals surface area (Å²) in [6.45, 7) is 6.80. The van der Waals surface area contributed by atoms with Crippen molar-refractivity contribution in [3.8, 4) is 0 Å². The summed E-state index contributed by atoms with van der Waals surface area (Å²) < 4.78 is 0. The lowest BCUT2D eigenvalue weighted by atomic mass is 10.1. The van der Waals surface area contributed by atoms with Crippen molar-refractivity contribution < 1.29 is 9.90 Å². The Kier molecular flexibility index (Phi) is 5.72. The average Bonchev–Trinajstić information content (AvgIpc) is 1.97. The topological polar surface area (TPSA) is 49.3 Å². The molecule has 0 spiro atoms. The lowest BCUT2D eigenvalue weighted by molar-refractivity contribution is -0.138. The lowest BCUT2D eigenvalue weighted by Gasteiger charge is -2.09. The van der Waals surface area contributed by atoms with E-state index in [1.165, 1.54) is 0 Å². The van der Waals surface area contributed by atoms with Crippen LogP contribution in [0.1, 0.15) is 33.6 Å². The first-order valence-electron chi connectivity index (χ1n) is 4.50. The molecule has 0 aromatic carbocycles. The second-order valence-corrected chi connectivity index (χ2v) is 3.55. The minimum atomic E-state index is -0.778. The Bertz CT molecular complexity index is 134. The fourth-order valence-electron chi connectivity index (χ4n) is 0.916. The van der Waals surface area contributed by atoms with Crippen LogP contribution < -0.4 is 5.32 Å². The molecular weight excluding hydrogens is 154 g/mol. The highest BCUT2D eigenvalue weighted by Crippen LogP contribution is 2.01. The Morgan fingerprint density at radius 3 is 2.42 bits per heavy atom. The molecule has 0 aliphatic rings. The molecule has 0 amide bonds. The van der Waals surface area contributed by atoms with Gasteiger partial charge in [0.05, 0.1) is 0 Å². The zero-order valence-corrected chi connectivity index (χ0v) is 8.13. The number of aliphatic carboxylic acids is 1. The van der Waals surface area contributed by atoms with Crippen LogP contribution in [0.2, 0.25) is 0 Å². The SMILES string of the molecule is CC(C)CCCN[C@@H](C)C(=O)O. The molecule has 0 aromatic heterocycles. The van der Waals surface area contributed by atoms with E-state index in [0.29, 0.717) is 5.92 Å². The van der Waals surface area contributed by atoms with E-state index < -0.39 is 12.0 Å². The van der Waals surface area contributed by atoms with E-state index in [1.807, 2.05) is 0 Å². The first kappa shape index (κ1) is 11.4. The maximum Gasteiger partial charge on any atom is 0.320 e. The molecule has 1 atom stereocenters. The highest BCUT2D eigenvalue weighted by atomic mass is 16.4. The molecule has 0 aromatic rings. The van der Waals surface area contributed by atoms with Crippen LogP contribution in [-0.4, -0.2) is 23.7 Å². The third-order valence-corrected chi connectivity index (χ3v) is 1.78. The number of rotatable bonds is 6. The number of carbonyl (C=O) groups is 1. The highest BCUT2D eigenvalue weighted by Gasteiger charge is 2.08. The highest BCUT2D eigenvalue weighted by molar-refractivity contribution is 5.72. The zero-order valence-electron chi connectivity index (χ0n) is 8.13. The Labute approximate surface area is 74.2 Å². The van der Waals surface area contributed by atoms with Crippen LogP contribution in [-0.2, 0) is 4.79 Å². The van der Waals surface area contributed by atoms with Crippen LogP contribution in [0, 0.1) is 5.92 Å². The van der Waals surface area contributed by atoms with Crippen LogP contribution in [0.3, 0.4) is 0 Å². The van der Waals surface area contributed by atoms with Crippen molar-refractivity contribution >= 4 is 5.97 Å². The summed E-state index contributed by atoms with van der Waals surface area (Å²) in [4.78, 5) is 10.4. The Hall–Kier alpha value is -0.570. The Balaban J connectivity index is 3.25. The molecule has 0 bridgehead atoms. The maximum absolute atomic E-state index is 10.4. The van der Waals surface area contributed by atoms with Crippen LogP contribution in [0.15, 0.2) is 0 Å². The molecule has 0 aliphatic heterocycles. The number of hydrogen-bond acceptors (Lipinski definition) is 2. The van der Waals surface area contributed by atoms with Crippen molar-refractivity contribution in [2.45, 2.75) is 39.7 Å². The predicted molar refractivity (Wildman–Crippen MR) is 49.2 cm³/mol. The number of nitrogens with one attached hydrogen (secondary N) is 1. The van der Waals surface area contributed by atoms with Crippen LogP contribution in [0.4, 0.5) is 0 Å². The summed E-state index contributed by atoms with van der Waals surface area (Å²) in [5.41, 5.74) is 0. The molecule has 3 heteroatoms. The van der Waals surface area contributed by atoms with Crippen LogP contribution >= 0.6 is 0 Å². The first-order valence-corrected chi connectivity index (χ1v) is 4.50. The van der Waals surface area contributed by atoms with Gasteiger partial charge < -0.3 is 10.4 Å². The number of hydrogen-bond donors (Lipinski definition) is 2. The maximum atomic E-state index is 10.4. The molecule has 12 heavy (non-hydrogen) atoms. The Morgan fingerprint density at radius 2 is 2.00 bits per heavy atom. The van der Waals surface area contributed by atoms with Gasteiger partial charge in [-0.3, -0.25) is 4.79 Å². The summed E-state index contributed by atoms with van der Waals surface area (Å²) in [6, 6.07) is -0.419. The van der Waals surface area contributed by atoms with E-state index in [1.54, 1.807) is 6.92 Å². The molecule has 0 unspecified atom stereocenters. The van der Waals surface area contributed by atoms with Gasteiger partial charge in [-0.1, -0.05) is 13.8 Å². The third kappa shape index (κ3) is 6.16. The summed E-state index contributed by atoms with van der Waals surface area (Å²) >= 11 is 0. The third-order valence-electron chi connectivity index (χ3n) is 1.78. The smallest absolute Gasteiger partial charge is 0.320 e. The van der Waals surface area contributed by atoms with Gasteiger partial charge in [-0.2, -0.15) is 0 Å². The molecule has 0 heterocycles. The van der Waals surface area contributed by atoms with Gasteiger partial charge in [0.2, 0.25) is 0 Å². The van der Waals surface area contributed by atoms with Crippen molar-refractivity contribution in [2.24, 2.45) is 5.92 Å². The number of carboxylic acid groups (broad SMARTS) is 1. The van der Waals surface area contributed by atoms with Gasteiger partial charge in [0.1, 0.15) is 6.04 Å². The van der Waals surface area contributed by atoms with Gasteiger partial charge in [-0.15, -0.1) is 0 Å². The molecule has 2 N–H and O–H groups in total. The molecular formula is C9H19NO2. The standard InChI is InChI=1S/C9H19NO2/c1-7(2)5-4-6-10-8(3)9(11)12/h7-8,10H,4-6H2,1-3H3,(H,11,12)/t8-/m0/s1. The van der Waals surface area contributed by atoms with Gasteiger partial charge in [0, 0.05) is 0 Å². The summed E-state index contributed by atoms with van der Waals surface area (Å²) in [5, 5.41) is 11.5. The van der Waals surface area contributed by atoms with Gasteiger partial charge in [-0.05, 0) is 32.2 Å². The Morgan fingerprint density at radius 1 is 1.42 bits per heavy atom. The van der Waals surface area contributed by atoms with E-state index in [9.17, 15) is 4.79 Å². The predicted octanol–water partition coefficient (Wildman–Crippen LogP) is 1.49. The van der Waals surface area contributed by atoms with Crippen LogP contribution in [0.5, 0.6) is 0 Å². The number of carboxylic acids is 1. The van der Waals surface area contributed by atoms with E-state index in [0.717, 1.165) is 19.4 Å². The van der Waals surface area contributed by atoms with Crippen molar-refractivity contribution in [2.75, 3.05) is 6.54 Å². The van der Waals surface area contributed by atoms with Gasteiger partial charge in [0.15, 0.2) is 0 Å². The molecule has 0 aliphatic carbocycles. The lowest BCUT2D eigenvalue weighted by Crippen LogP contribution is -2.34. The summed E-state index contributed by atoms with van der Waals surface area (Å²) in [6.07, 6.45) is 2.20. The molecule has 0 rings (SSSR count). The van der Waals surface area contributed by atoms with Crippen molar-refractivity contribution in [1.29, 1.82) is 0 Å². The molecule has 0 radical (unpaired) electrons. The van der Waals surface area contributed by atoms with E-state index in [4.69, 9.17) is 5.11 Å². The summed E-state index contributed by atoms with van der Waals surface area (Å²) in [7, 11) is 0. The quantitative estimate of drug-likeness (QED) is 0.598. The van der Waals surface area contributed by atoms with E-state index in [-0.39, 0.29) is 0 Å². The molecule has 3 nitrogen and oxygen atoms in total. The van der Waals surface area contributed by atoms with Gasteiger partial charge in [-0.25, -0.2) is 0 Å². The summed E-state index contributed by atoms with van der Waals surface area (Å²) in [5.74, 6) is -0.0773. The molecule has 0 saturated heterocycles. The monoisotopic (exact) mass is 173 g/mol. The largest absolute Gasteiger partial charge is 0.480 e. The molecule has 72 valence electrons. The fraction of sp³-hybridized carbons (Fsp3) is 0.889. The van der Waals surface area contributed by atoms with Crippen molar-refractivity contribution in [3.05, 3.63) is 0 Å². The average molecular weight is 173 g/mol. The second-order valence-electron chi connectivity index (χ2n) is 3.55. The molecule has 0 saturated carbocycles. The van der Waals surface area contributed by atoms with Crippen LogP contribution in [0.25, 0.3) is 0 Å². The molecule has 0 fully saturated rings. The second kappa shape index (κ2) is 6.00. The normalized spacial score (nSPS) is 13.3. The van der Waals surface area contributed by atoms with Crippen molar-refractivity contribution in [3.63, 3.8) is 0 Å². The van der Waals surface area contributed by atoms with E-state index in [2.05, 4.69) is 19.2 Å². The first-order chi connectivity index (χ1) is 5.54. The van der Waals surface area contributed by atoms with Crippen molar-refractivity contribution in [1.82, 2.24) is 5.32 Å². The van der Waals surface area contributed by atoms with Gasteiger partial charge in [0.25, 0.3) is 0 Å². The fourth-order valence-corrected chi connectivity index (χ4v) is 0.916. The van der Waals surface area contributed by atoms with Gasteiger partial charge >= 0.3 is 5.97 Å². The minimum Gasteiger partial charge on any atom is -0.480 e.